The maximum absolute atomic E-state index is 14.0. The summed E-state index contributed by atoms with van der Waals surface area (Å²) in [6.45, 7) is 6.93. The van der Waals surface area contributed by atoms with E-state index < -0.39 is 0 Å². The van der Waals surface area contributed by atoms with Crippen molar-refractivity contribution in [1.29, 1.82) is 0 Å². The Hall–Kier alpha value is -0.830. The summed E-state index contributed by atoms with van der Waals surface area (Å²) < 4.78 is 14.0. The predicted molar refractivity (Wildman–Crippen MR) is 66.5 cm³/mol. The Balaban J connectivity index is 3.08. The van der Waals surface area contributed by atoms with Gasteiger partial charge in [-0.15, -0.1) is 11.6 Å². The second kappa shape index (κ2) is 6.04. The molecular formula is C12H18ClFN2. The van der Waals surface area contributed by atoms with Crippen LogP contribution in [0.2, 0.25) is 0 Å². The maximum atomic E-state index is 14.0. The van der Waals surface area contributed by atoms with Gasteiger partial charge in [-0.25, -0.2) is 9.37 Å². The molecule has 0 atom stereocenters. The molecule has 0 saturated carbocycles. The Bertz CT molecular complexity index is 342. The van der Waals surface area contributed by atoms with Gasteiger partial charge < -0.3 is 4.90 Å². The van der Waals surface area contributed by atoms with Crippen molar-refractivity contribution in [3.05, 3.63) is 23.6 Å². The van der Waals surface area contributed by atoms with Crippen LogP contribution in [-0.2, 0) is 5.88 Å². The molecule has 0 bridgehead atoms. The van der Waals surface area contributed by atoms with Crippen LogP contribution in [0.1, 0.15) is 32.8 Å². The number of aromatic nitrogens is 1. The fourth-order valence-electron chi connectivity index (χ4n) is 1.62. The first-order valence-electron chi connectivity index (χ1n) is 5.57. The largest absolute Gasteiger partial charge is 0.352 e. The van der Waals surface area contributed by atoms with Gasteiger partial charge in [-0.05, 0) is 26.3 Å². The SMILES string of the molecule is CCCN(c1nccc(CCl)c1F)C(C)C. The van der Waals surface area contributed by atoms with Crippen LogP contribution in [0.4, 0.5) is 10.2 Å². The van der Waals surface area contributed by atoms with Gasteiger partial charge in [0.2, 0.25) is 0 Å². The van der Waals surface area contributed by atoms with E-state index in [0.717, 1.165) is 13.0 Å². The Kier molecular flexibility index (Phi) is 5.00. The second-order valence-electron chi connectivity index (χ2n) is 4.03. The van der Waals surface area contributed by atoms with E-state index in [4.69, 9.17) is 11.6 Å². The summed E-state index contributed by atoms with van der Waals surface area (Å²) in [6.07, 6.45) is 2.57. The third kappa shape index (κ3) is 2.85. The lowest BCUT2D eigenvalue weighted by atomic mass is 10.2. The smallest absolute Gasteiger partial charge is 0.170 e. The van der Waals surface area contributed by atoms with Crippen LogP contribution in [-0.4, -0.2) is 17.6 Å². The summed E-state index contributed by atoms with van der Waals surface area (Å²) in [5.41, 5.74) is 0.508. The molecule has 0 aliphatic heterocycles. The molecule has 0 aromatic carbocycles. The van der Waals surface area contributed by atoms with Crippen molar-refractivity contribution in [2.45, 2.75) is 39.1 Å². The minimum Gasteiger partial charge on any atom is -0.352 e. The van der Waals surface area contributed by atoms with Crippen LogP contribution in [0, 0.1) is 5.82 Å². The molecule has 0 N–H and O–H groups in total. The summed E-state index contributed by atoms with van der Waals surface area (Å²) in [4.78, 5) is 6.08. The van der Waals surface area contributed by atoms with Gasteiger partial charge in [0, 0.05) is 24.3 Å². The molecular weight excluding hydrogens is 227 g/mol. The van der Waals surface area contributed by atoms with Gasteiger partial charge in [-0.3, -0.25) is 0 Å². The Morgan fingerprint density at radius 3 is 2.69 bits per heavy atom. The molecule has 1 rings (SSSR count). The van der Waals surface area contributed by atoms with E-state index in [1.54, 1.807) is 12.3 Å². The molecule has 90 valence electrons. The number of pyridine rings is 1. The first-order chi connectivity index (χ1) is 7.61. The van der Waals surface area contributed by atoms with Crippen LogP contribution < -0.4 is 4.90 Å². The quantitative estimate of drug-likeness (QED) is 0.736. The van der Waals surface area contributed by atoms with Crippen molar-refractivity contribution in [3.63, 3.8) is 0 Å². The number of rotatable bonds is 5. The van der Waals surface area contributed by atoms with Gasteiger partial charge in [0.25, 0.3) is 0 Å². The molecule has 1 aromatic heterocycles. The third-order valence-corrected chi connectivity index (χ3v) is 2.74. The van der Waals surface area contributed by atoms with Crippen molar-refractivity contribution in [2.24, 2.45) is 0 Å². The number of nitrogens with zero attached hydrogens (tertiary/aromatic N) is 2. The van der Waals surface area contributed by atoms with Crippen molar-refractivity contribution >= 4 is 17.4 Å². The number of alkyl halides is 1. The average molecular weight is 245 g/mol. The highest BCUT2D eigenvalue weighted by Gasteiger charge is 2.17. The number of halogens is 2. The first kappa shape index (κ1) is 13.2. The lowest BCUT2D eigenvalue weighted by Gasteiger charge is -2.28. The van der Waals surface area contributed by atoms with Crippen molar-refractivity contribution in [1.82, 2.24) is 4.98 Å². The lowest BCUT2D eigenvalue weighted by molar-refractivity contribution is 0.579. The molecule has 1 heterocycles. The van der Waals surface area contributed by atoms with E-state index in [-0.39, 0.29) is 17.7 Å². The highest BCUT2D eigenvalue weighted by Crippen LogP contribution is 2.22. The molecule has 0 amide bonds. The van der Waals surface area contributed by atoms with Crippen molar-refractivity contribution in [2.75, 3.05) is 11.4 Å². The first-order valence-corrected chi connectivity index (χ1v) is 6.11. The monoisotopic (exact) mass is 244 g/mol. The zero-order valence-corrected chi connectivity index (χ0v) is 10.8. The molecule has 2 nitrogen and oxygen atoms in total. The van der Waals surface area contributed by atoms with Crippen LogP contribution in [0.15, 0.2) is 12.3 Å². The lowest BCUT2D eigenvalue weighted by Crippen LogP contribution is -2.33. The third-order valence-electron chi connectivity index (χ3n) is 2.45. The fraction of sp³-hybridized carbons (Fsp3) is 0.583. The summed E-state index contributed by atoms with van der Waals surface area (Å²) in [6, 6.07) is 1.85. The normalized spacial score (nSPS) is 10.9. The van der Waals surface area contributed by atoms with Crippen LogP contribution in [0.25, 0.3) is 0 Å². The molecule has 0 spiro atoms. The van der Waals surface area contributed by atoms with Crippen LogP contribution in [0.5, 0.6) is 0 Å². The Morgan fingerprint density at radius 1 is 1.50 bits per heavy atom. The van der Waals surface area contributed by atoms with Crippen molar-refractivity contribution < 1.29 is 4.39 Å². The van der Waals surface area contributed by atoms with E-state index in [1.165, 1.54) is 0 Å². The predicted octanol–water partition coefficient (Wildman–Crippen LogP) is 3.58. The highest BCUT2D eigenvalue weighted by molar-refractivity contribution is 6.17. The summed E-state index contributed by atoms with van der Waals surface area (Å²) in [5, 5.41) is 0. The molecule has 4 heteroatoms. The molecule has 0 aliphatic carbocycles. The van der Waals surface area contributed by atoms with E-state index in [1.807, 2.05) is 18.7 Å². The minimum absolute atomic E-state index is 0.180. The fourth-order valence-corrected chi connectivity index (χ4v) is 1.83. The highest BCUT2D eigenvalue weighted by atomic mass is 35.5. The second-order valence-corrected chi connectivity index (χ2v) is 4.30. The van der Waals surface area contributed by atoms with E-state index in [2.05, 4.69) is 11.9 Å². The molecule has 0 aliphatic rings. The number of hydrogen-bond donors (Lipinski definition) is 0. The van der Waals surface area contributed by atoms with Gasteiger partial charge in [0.15, 0.2) is 11.6 Å². The van der Waals surface area contributed by atoms with E-state index in [9.17, 15) is 4.39 Å². The number of anilines is 1. The number of hydrogen-bond acceptors (Lipinski definition) is 2. The Morgan fingerprint density at radius 2 is 2.19 bits per heavy atom. The molecule has 0 saturated heterocycles. The van der Waals surface area contributed by atoms with Crippen molar-refractivity contribution in [3.8, 4) is 0 Å². The molecule has 0 unspecified atom stereocenters. The molecule has 0 fully saturated rings. The van der Waals surface area contributed by atoms with E-state index in [0.29, 0.717) is 11.4 Å². The summed E-state index contributed by atoms with van der Waals surface area (Å²) >= 11 is 5.68. The van der Waals surface area contributed by atoms with Gasteiger partial charge >= 0.3 is 0 Å². The van der Waals surface area contributed by atoms with Crippen LogP contribution in [0.3, 0.4) is 0 Å². The zero-order valence-electron chi connectivity index (χ0n) is 10.0. The topological polar surface area (TPSA) is 16.1 Å². The van der Waals surface area contributed by atoms with Gasteiger partial charge in [0.05, 0.1) is 5.88 Å². The standard InChI is InChI=1S/C12H18ClFN2/c1-4-7-16(9(2)3)12-11(14)10(8-13)5-6-15-12/h5-6,9H,4,7-8H2,1-3H3. The zero-order chi connectivity index (χ0) is 12.1. The van der Waals surface area contributed by atoms with Crippen LogP contribution >= 0.6 is 11.6 Å². The molecule has 0 radical (unpaired) electrons. The van der Waals surface area contributed by atoms with Gasteiger partial charge in [0.1, 0.15) is 0 Å². The summed E-state index contributed by atoms with van der Waals surface area (Å²) in [7, 11) is 0. The molecule has 1 aromatic rings. The molecule has 16 heavy (non-hydrogen) atoms. The Labute approximate surface area is 101 Å². The van der Waals surface area contributed by atoms with E-state index >= 15 is 0 Å². The van der Waals surface area contributed by atoms with Gasteiger partial charge in [-0.1, -0.05) is 6.92 Å². The average Bonchev–Trinajstić information content (AvgIpc) is 2.26. The maximum Gasteiger partial charge on any atom is 0.170 e. The minimum atomic E-state index is -0.292. The summed E-state index contributed by atoms with van der Waals surface area (Å²) in [5.74, 6) is 0.300. The van der Waals surface area contributed by atoms with Gasteiger partial charge in [-0.2, -0.15) is 0 Å².